The van der Waals surface area contributed by atoms with E-state index in [0.29, 0.717) is 17.3 Å². The summed E-state index contributed by atoms with van der Waals surface area (Å²) in [6.07, 6.45) is 2.32. The summed E-state index contributed by atoms with van der Waals surface area (Å²) in [6, 6.07) is 4.19. The van der Waals surface area contributed by atoms with Gasteiger partial charge in [0, 0.05) is 30.6 Å². The molecule has 6 nitrogen and oxygen atoms in total. The molecule has 112 valence electrons. The maximum Gasteiger partial charge on any atom is 0.305 e. The number of halogens is 1. The van der Waals surface area contributed by atoms with Crippen LogP contribution in [-0.4, -0.2) is 27.5 Å². The van der Waals surface area contributed by atoms with Crippen LogP contribution < -0.4 is 5.32 Å². The van der Waals surface area contributed by atoms with E-state index < -0.39 is 16.4 Å². The zero-order valence-corrected chi connectivity index (χ0v) is 11.9. The number of nitrogens with zero attached hydrogens (tertiary/aromatic N) is 2. The lowest BCUT2D eigenvalue weighted by Crippen LogP contribution is -2.25. The molecule has 0 amide bonds. The molecule has 0 aliphatic carbocycles. The van der Waals surface area contributed by atoms with Gasteiger partial charge in [-0.15, -0.1) is 0 Å². The van der Waals surface area contributed by atoms with Crippen molar-refractivity contribution in [1.82, 2.24) is 15.3 Å². The Balaban J connectivity index is 2.14. The van der Waals surface area contributed by atoms with Gasteiger partial charge in [-0.25, -0.2) is 4.98 Å². The second-order valence-electron chi connectivity index (χ2n) is 5.03. The molecule has 21 heavy (non-hydrogen) atoms. The number of rotatable bonds is 6. The van der Waals surface area contributed by atoms with Gasteiger partial charge in [0.05, 0.1) is 16.8 Å². The minimum Gasteiger partial charge on any atom is -0.342 e. The summed E-state index contributed by atoms with van der Waals surface area (Å²) in [5, 5.41) is 14.0. The molecule has 0 radical (unpaired) electrons. The maximum absolute atomic E-state index is 13.3. The van der Waals surface area contributed by atoms with Crippen LogP contribution in [0.2, 0.25) is 0 Å². The molecule has 2 N–H and O–H groups in total. The lowest BCUT2D eigenvalue weighted by molar-refractivity contribution is -0.387. The van der Waals surface area contributed by atoms with Crippen molar-refractivity contribution in [3.63, 3.8) is 0 Å². The molecule has 7 heteroatoms. The molecule has 0 spiro atoms. The number of benzene rings is 1. The third-order valence-corrected chi connectivity index (χ3v) is 3.00. The van der Waals surface area contributed by atoms with E-state index in [4.69, 9.17) is 0 Å². The Labute approximate surface area is 121 Å². The first-order valence-electron chi connectivity index (χ1n) is 6.69. The number of imidazole rings is 1. The van der Waals surface area contributed by atoms with Crippen molar-refractivity contribution in [2.45, 2.75) is 26.3 Å². The van der Waals surface area contributed by atoms with Crippen LogP contribution in [0.3, 0.4) is 0 Å². The molecule has 0 saturated carbocycles. The van der Waals surface area contributed by atoms with Crippen LogP contribution in [0.1, 0.15) is 19.7 Å². The topological polar surface area (TPSA) is 83.8 Å². The molecule has 1 aromatic carbocycles. The summed E-state index contributed by atoms with van der Waals surface area (Å²) in [7, 11) is 0. The molecule has 0 saturated heterocycles. The van der Waals surface area contributed by atoms with Crippen LogP contribution in [0.5, 0.6) is 0 Å². The average molecular weight is 292 g/mol. The highest BCUT2D eigenvalue weighted by atomic mass is 19.1. The van der Waals surface area contributed by atoms with Gasteiger partial charge in [0.15, 0.2) is 0 Å². The van der Waals surface area contributed by atoms with E-state index in [-0.39, 0.29) is 0 Å². The van der Waals surface area contributed by atoms with Crippen LogP contribution in [0.15, 0.2) is 24.4 Å². The number of H-pyrrole nitrogens is 1. The molecule has 0 atom stereocenters. The average Bonchev–Trinajstić information content (AvgIpc) is 2.87. The molecule has 1 heterocycles. The van der Waals surface area contributed by atoms with Crippen LogP contribution in [0.25, 0.3) is 11.3 Å². The van der Waals surface area contributed by atoms with Crippen LogP contribution in [-0.2, 0) is 6.42 Å². The van der Waals surface area contributed by atoms with Gasteiger partial charge >= 0.3 is 5.69 Å². The summed E-state index contributed by atoms with van der Waals surface area (Å²) in [4.78, 5) is 17.3. The molecular weight excluding hydrogens is 275 g/mol. The highest BCUT2D eigenvalue weighted by Crippen LogP contribution is 2.25. The zero-order chi connectivity index (χ0) is 15.4. The molecule has 0 unspecified atom stereocenters. The van der Waals surface area contributed by atoms with Crippen molar-refractivity contribution in [3.8, 4) is 11.3 Å². The largest absolute Gasteiger partial charge is 0.342 e. The summed E-state index contributed by atoms with van der Waals surface area (Å²) >= 11 is 0. The van der Waals surface area contributed by atoms with Crippen molar-refractivity contribution in [2.75, 3.05) is 6.54 Å². The van der Waals surface area contributed by atoms with Crippen molar-refractivity contribution >= 4 is 5.69 Å². The van der Waals surface area contributed by atoms with E-state index >= 15 is 0 Å². The number of nitro benzene ring substituents is 1. The predicted octanol–water partition coefficient (Wildman–Crippen LogP) is 2.66. The number of aromatic nitrogens is 2. The van der Waals surface area contributed by atoms with Gasteiger partial charge in [-0.05, 0) is 12.1 Å². The molecule has 2 rings (SSSR count). The Hall–Kier alpha value is -2.28. The minimum atomic E-state index is -0.843. The second-order valence-corrected chi connectivity index (χ2v) is 5.03. The molecule has 0 bridgehead atoms. The lowest BCUT2D eigenvalue weighted by Gasteiger charge is -2.05. The van der Waals surface area contributed by atoms with Crippen molar-refractivity contribution in [2.24, 2.45) is 0 Å². The Morgan fingerprint density at radius 3 is 2.90 bits per heavy atom. The summed E-state index contributed by atoms with van der Waals surface area (Å²) in [5.74, 6) is -0.0604. The van der Waals surface area contributed by atoms with E-state index in [9.17, 15) is 14.5 Å². The van der Waals surface area contributed by atoms with Crippen LogP contribution in [0.4, 0.5) is 10.1 Å². The number of hydrogen-bond donors (Lipinski definition) is 2. The molecule has 0 aliphatic rings. The smallest absolute Gasteiger partial charge is 0.305 e. The lowest BCUT2D eigenvalue weighted by atomic mass is 10.1. The number of nitrogens with one attached hydrogen (secondary N) is 2. The monoisotopic (exact) mass is 292 g/mol. The highest BCUT2D eigenvalue weighted by Gasteiger charge is 2.15. The van der Waals surface area contributed by atoms with Gasteiger partial charge in [0.1, 0.15) is 5.82 Å². The Kier molecular flexibility index (Phi) is 4.64. The van der Waals surface area contributed by atoms with Gasteiger partial charge in [0.25, 0.3) is 0 Å². The van der Waals surface area contributed by atoms with Gasteiger partial charge in [0.2, 0.25) is 5.82 Å². The zero-order valence-electron chi connectivity index (χ0n) is 11.9. The van der Waals surface area contributed by atoms with Gasteiger partial charge in [-0.3, -0.25) is 10.1 Å². The maximum atomic E-state index is 13.3. The van der Waals surface area contributed by atoms with Crippen LogP contribution >= 0.6 is 0 Å². The van der Waals surface area contributed by atoms with E-state index in [1.807, 2.05) is 0 Å². The first-order valence-corrected chi connectivity index (χ1v) is 6.69. The van der Waals surface area contributed by atoms with E-state index in [1.54, 1.807) is 6.20 Å². The molecule has 0 fully saturated rings. The first kappa shape index (κ1) is 15.1. The molecule has 2 aromatic rings. The Bertz CT molecular complexity index is 640. The number of nitro groups is 1. The van der Waals surface area contributed by atoms with Gasteiger partial charge in [-0.2, -0.15) is 4.39 Å². The quantitative estimate of drug-likeness (QED) is 0.633. The Morgan fingerprint density at radius 2 is 2.24 bits per heavy atom. The fourth-order valence-corrected chi connectivity index (χ4v) is 1.94. The second kappa shape index (κ2) is 6.45. The highest BCUT2D eigenvalue weighted by molar-refractivity contribution is 5.62. The van der Waals surface area contributed by atoms with Gasteiger partial charge in [-0.1, -0.05) is 13.8 Å². The van der Waals surface area contributed by atoms with Crippen molar-refractivity contribution in [3.05, 3.63) is 46.2 Å². The van der Waals surface area contributed by atoms with E-state index in [2.05, 4.69) is 29.1 Å². The first-order chi connectivity index (χ1) is 9.97. The SMILES string of the molecule is CC(C)NCCc1ncc(-c2ccc(F)c([N+](=O)[O-])c2)[nH]1. The molecular formula is C14H17FN4O2. The third-order valence-electron chi connectivity index (χ3n) is 3.00. The van der Waals surface area contributed by atoms with E-state index in [1.165, 1.54) is 12.1 Å². The molecule has 1 aromatic heterocycles. The summed E-state index contributed by atoms with van der Waals surface area (Å²) in [6.45, 7) is 4.91. The fraction of sp³-hybridized carbons (Fsp3) is 0.357. The van der Waals surface area contributed by atoms with Crippen molar-refractivity contribution < 1.29 is 9.31 Å². The summed E-state index contributed by atoms with van der Waals surface area (Å²) in [5.41, 5.74) is 0.640. The number of hydrogen-bond acceptors (Lipinski definition) is 4. The van der Waals surface area contributed by atoms with Gasteiger partial charge < -0.3 is 10.3 Å². The molecule has 0 aliphatic heterocycles. The third kappa shape index (κ3) is 3.85. The predicted molar refractivity (Wildman–Crippen MR) is 77.5 cm³/mol. The van der Waals surface area contributed by atoms with Crippen molar-refractivity contribution in [1.29, 1.82) is 0 Å². The summed E-state index contributed by atoms with van der Waals surface area (Å²) < 4.78 is 13.3. The fourth-order valence-electron chi connectivity index (χ4n) is 1.94. The van der Waals surface area contributed by atoms with Crippen LogP contribution in [0, 0.1) is 15.9 Å². The minimum absolute atomic E-state index is 0.402. The standard InChI is InChI=1S/C14H17FN4O2/c1-9(2)16-6-5-14-17-8-12(18-14)10-3-4-11(15)13(7-10)19(20)21/h3-4,7-9,16H,5-6H2,1-2H3,(H,17,18). The Morgan fingerprint density at radius 1 is 1.48 bits per heavy atom. The van der Waals surface area contributed by atoms with E-state index in [0.717, 1.165) is 24.9 Å². The number of aromatic amines is 1. The normalized spacial score (nSPS) is 11.0.